The highest BCUT2D eigenvalue weighted by Gasteiger charge is 2.52. The summed E-state index contributed by atoms with van der Waals surface area (Å²) in [5.74, 6) is -0.456. The minimum Gasteiger partial charge on any atom is -0.465 e. The van der Waals surface area contributed by atoms with Crippen molar-refractivity contribution in [1.82, 2.24) is 0 Å². The molecule has 0 aromatic heterocycles. The fraction of sp³-hybridized carbons (Fsp3) is 0.500. The molecule has 0 amide bonds. The molecule has 0 saturated carbocycles. The minimum atomic E-state index is -0.616. The number of benzene rings is 1. The first kappa shape index (κ1) is 14.9. The van der Waals surface area contributed by atoms with Gasteiger partial charge in [0.25, 0.3) is 0 Å². The fourth-order valence-electron chi connectivity index (χ4n) is 2.04. The van der Waals surface area contributed by atoms with Crippen molar-refractivity contribution in [2.24, 2.45) is 0 Å². The second kappa shape index (κ2) is 4.79. The molecule has 1 heterocycles. The molecular weight excluding hydrogens is 257 g/mol. The zero-order valence-electron chi connectivity index (χ0n) is 12.5. The summed E-state index contributed by atoms with van der Waals surface area (Å²) in [6, 6.07) is 5.03. The van der Waals surface area contributed by atoms with Crippen molar-refractivity contribution >= 4 is 24.2 Å². The zero-order valence-corrected chi connectivity index (χ0v) is 12.5. The van der Waals surface area contributed by atoms with Crippen LogP contribution in [0.2, 0.25) is 0 Å². The van der Waals surface area contributed by atoms with Crippen LogP contribution in [0.15, 0.2) is 18.2 Å². The SMILES string of the molecule is COC(=O)c1cc(N)ccc1B1OC(C)(C)C(C)(C)O1. The molecule has 1 aliphatic rings. The van der Waals surface area contributed by atoms with Crippen molar-refractivity contribution in [3.8, 4) is 0 Å². The van der Waals surface area contributed by atoms with Gasteiger partial charge < -0.3 is 19.8 Å². The normalized spacial score (nSPS) is 19.9. The number of hydrogen-bond donors (Lipinski definition) is 1. The number of nitrogens with two attached hydrogens (primary N) is 1. The molecule has 6 heteroatoms. The van der Waals surface area contributed by atoms with Gasteiger partial charge >= 0.3 is 13.1 Å². The number of nitrogen functional groups attached to an aromatic ring is 1. The van der Waals surface area contributed by atoms with Gasteiger partial charge in [0.05, 0.1) is 23.9 Å². The van der Waals surface area contributed by atoms with E-state index in [1.54, 1.807) is 18.2 Å². The summed E-state index contributed by atoms with van der Waals surface area (Å²) in [6.07, 6.45) is 0. The van der Waals surface area contributed by atoms with Crippen LogP contribution in [0, 0.1) is 0 Å². The fourth-order valence-corrected chi connectivity index (χ4v) is 2.04. The first-order valence-corrected chi connectivity index (χ1v) is 6.51. The Balaban J connectivity index is 2.42. The average Bonchev–Trinajstić information content (AvgIpc) is 2.57. The van der Waals surface area contributed by atoms with Crippen LogP contribution in [0.5, 0.6) is 0 Å². The molecule has 1 aromatic carbocycles. The van der Waals surface area contributed by atoms with Crippen LogP contribution < -0.4 is 11.2 Å². The molecule has 108 valence electrons. The summed E-state index contributed by atoms with van der Waals surface area (Å²) in [4.78, 5) is 11.9. The van der Waals surface area contributed by atoms with Gasteiger partial charge in [-0.25, -0.2) is 4.79 Å². The lowest BCUT2D eigenvalue weighted by atomic mass is 9.75. The Labute approximate surface area is 119 Å². The zero-order chi connectivity index (χ0) is 15.1. The number of esters is 1. The van der Waals surface area contributed by atoms with Crippen LogP contribution in [0.4, 0.5) is 5.69 Å². The van der Waals surface area contributed by atoms with Crippen molar-refractivity contribution in [2.45, 2.75) is 38.9 Å². The molecule has 5 nitrogen and oxygen atoms in total. The third-order valence-corrected chi connectivity index (χ3v) is 3.99. The number of anilines is 1. The molecule has 1 saturated heterocycles. The molecular formula is C14H20BNO4. The van der Waals surface area contributed by atoms with Crippen LogP contribution in [0.1, 0.15) is 38.1 Å². The standard InChI is InChI=1S/C14H20BNO4/c1-13(2)14(3,4)20-15(19-13)11-7-6-9(16)8-10(11)12(17)18-5/h6-8H,16H2,1-5H3. The lowest BCUT2D eigenvalue weighted by molar-refractivity contribution is 0.00578. The molecule has 0 atom stereocenters. The van der Waals surface area contributed by atoms with Crippen molar-refractivity contribution in [1.29, 1.82) is 0 Å². The predicted octanol–water partition coefficient (Wildman–Crippen LogP) is 1.35. The van der Waals surface area contributed by atoms with E-state index in [0.717, 1.165) is 0 Å². The Morgan fingerprint density at radius 3 is 2.25 bits per heavy atom. The van der Waals surface area contributed by atoms with Crippen LogP contribution in [-0.4, -0.2) is 31.4 Å². The third kappa shape index (κ3) is 2.41. The van der Waals surface area contributed by atoms with E-state index in [1.165, 1.54) is 7.11 Å². The van der Waals surface area contributed by atoms with Crippen LogP contribution in [0.25, 0.3) is 0 Å². The molecule has 1 aromatic rings. The van der Waals surface area contributed by atoms with Gasteiger partial charge in [0.15, 0.2) is 0 Å². The molecule has 20 heavy (non-hydrogen) atoms. The number of rotatable bonds is 2. The van der Waals surface area contributed by atoms with Crippen molar-refractivity contribution in [3.63, 3.8) is 0 Å². The van der Waals surface area contributed by atoms with Gasteiger partial charge in [0, 0.05) is 5.69 Å². The van der Waals surface area contributed by atoms with E-state index >= 15 is 0 Å². The highest BCUT2D eigenvalue weighted by atomic mass is 16.7. The summed E-state index contributed by atoms with van der Waals surface area (Å²) in [6.45, 7) is 7.84. The Morgan fingerprint density at radius 2 is 1.75 bits per heavy atom. The van der Waals surface area contributed by atoms with E-state index in [2.05, 4.69) is 0 Å². The Kier molecular flexibility index (Phi) is 3.56. The van der Waals surface area contributed by atoms with E-state index in [0.29, 0.717) is 16.7 Å². The molecule has 1 aliphatic heterocycles. The van der Waals surface area contributed by atoms with Gasteiger partial charge in [-0.05, 0) is 45.3 Å². The van der Waals surface area contributed by atoms with Gasteiger partial charge in [-0.1, -0.05) is 6.07 Å². The number of hydrogen-bond acceptors (Lipinski definition) is 5. The lowest BCUT2D eigenvalue weighted by Gasteiger charge is -2.32. The summed E-state index contributed by atoms with van der Waals surface area (Å²) < 4.78 is 16.7. The molecule has 2 N–H and O–H groups in total. The number of ether oxygens (including phenoxy) is 1. The average molecular weight is 277 g/mol. The Morgan fingerprint density at radius 1 is 1.20 bits per heavy atom. The highest BCUT2D eigenvalue weighted by molar-refractivity contribution is 6.63. The van der Waals surface area contributed by atoms with Crippen molar-refractivity contribution in [3.05, 3.63) is 23.8 Å². The maximum atomic E-state index is 11.9. The molecule has 1 fully saturated rings. The van der Waals surface area contributed by atoms with Gasteiger partial charge in [0.2, 0.25) is 0 Å². The van der Waals surface area contributed by atoms with Crippen LogP contribution in [0.3, 0.4) is 0 Å². The first-order valence-electron chi connectivity index (χ1n) is 6.51. The number of carbonyl (C=O) groups is 1. The van der Waals surface area contributed by atoms with E-state index in [-0.39, 0.29) is 0 Å². The number of carbonyl (C=O) groups excluding carboxylic acids is 1. The second-order valence-corrected chi connectivity index (χ2v) is 5.93. The summed E-state index contributed by atoms with van der Waals surface area (Å²) in [5.41, 5.74) is 6.29. The predicted molar refractivity (Wildman–Crippen MR) is 77.9 cm³/mol. The van der Waals surface area contributed by atoms with Gasteiger partial charge in [0.1, 0.15) is 0 Å². The maximum Gasteiger partial charge on any atom is 0.495 e. The monoisotopic (exact) mass is 277 g/mol. The minimum absolute atomic E-state index is 0.367. The van der Waals surface area contributed by atoms with E-state index in [4.69, 9.17) is 19.8 Å². The second-order valence-electron chi connectivity index (χ2n) is 5.93. The largest absolute Gasteiger partial charge is 0.495 e. The molecule has 0 bridgehead atoms. The third-order valence-electron chi connectivity index (χ3n) is 3.99. The van der Waals surface area contributed by atoms with Crippen LogP contribution in [-0.2, 0) is 14.0 Å². The molecule has 0 aliphatic carbocycles. The topological polar surface area (TPSA) is 70.8 Å². The molecule has 0 radical (unpaired) electrons. The van der Waals surface area contributed by atoms with Crippen molar-refractivity contribution < 1.29 is 18.8 Å². The maximum absolute atomic E-state index is 11.9. The summed E-state index contributed by atoms with van der Waals surface area (Å²) in [5, 5.41) is 0. The van der Waals surface area contributed by atoms with E-state index in [1.807, 2.05) is 27.7 Å². The van der Waals surface area contributed by atoms with E-state index in [9.17, 15) is 4.79 Å². The number of methoxy groups -OCH3 is 1. The highest BCUT2D eigenvalue weighted by Crippen LogP contribution is 2.36. The lowest BCUT2D eigenvalue weighted by Crippen LogP contribution is -2.41. The summed E-state index contributed by atoms with van der Waals surface area (Å²) in [7, 11) is 0.717. The van der Waals surface area contributed by atoms with E-state index < -0.39 is 24.3 Å². The van der Waals surface area contributed by atoms with Gasteiger partial charge in [-0.2, -0.15) is 0 Å². The van der Waals surface area contributed by atoms with Crippen LogP contribution >= 0.6 is 0 Å². The Bertz CT molecular complexity index is 526. The smallest absolute Gasteiger partial charge is 0.465 e. The first-order chi connectivity index (χ1) is 9.18. The molecule has 0 unspecified atom stereocenters. The molecule has 2 rings (SSSR count). The Hall–Kier alpha value is -1.53. The molecule has 0 spiro atoms. The van der Waals surface area contributed by atoms with Gasteiger partial charge in [-0.15, -0.1) is 0 Å². The van der Waals surface area contributed by atoms with Gasteiger partial charge in [-0.3, -0.25) is 0 Å². The quantitative estimate of drug-likeness (QED) is 0.502. The summed E-state index contributed by atoms with van der Waals surface area (Å²) >= 11 is 0. The van der Waals surface area contributed by atoms with Crippen molar-refractivity contribution in [2.75, 3.05) is 12.8 Å².